The molecule has 5 rings (SSSR count). The zero-order valence-electron chi connectivity index (χ0n) is 27.3. The van der Waals surface area contributed by atoms with Crippen molar-refractivity contribution in [2.45, 2.75) is 59.8 Å². The van der Waals surface area contributed by atoms with Crippen LogP contribution in [0.15, 0.2) is 72.8 Å². The highest BCUT2D eigenvalue weighted by Crippen LogP contribution is 2.34. The molecule has 46 heavy (non-hydrogen) atoms. The van der Waals surface area contributed by atoms with Crippen LogP contribution in [-0.2, 0) is 31.4 Å². The van der Waals surface area contributed by atoms with Gasteiger partial charge in [-0.3, -0.25) is 4.79 Å². The van der Waals surface area contributed by atoms with Crippen LogP contribution in [0.5, 0.6) is 5.75 Å². The van der Waals surface area contributed by atoms with Gasteiger partial charge in [0.05, 0.1) is 11.1 Å². The molecule has 1 aliphatic heterocycles. The van der Waals surface area contributed by atoms with Crippen LogP contribution >= 0.6 is 0 Å². The molecule has 0 unspecified atom stereocenters. The molecule has 0 saturated carbocycles. The van der Waals surface area contributed by atoms with E-state index in [0.29, 0.717) is 48.7 Å². The summed E-state index contributed by atoms with van der Waals surface area (Å²) in [6, 6.07) is 22.7. The normalized spacial score (nSPS) is 12.8. The molecule has 0 saturated heterocycles. The molecule has 2 amide bonds. The minimum absolute atomic E-state index is 0.114. The molecule has 1 aliphatic rings. The molecule has 9 nitrogen and oxygen atoms in total. The number of benzene rings is 3. The third-order valence-electron chi connectivity index (χ3n) is 8.23. The summed E-state index contributed by atoms with van der Waals surface area (Å²) in [5.74, 6) is -0.552. The van der Waals surface area contributed by atoms with Crippen LogP contribution in [0.1, 0.15) is 70.8 Å². The Bertz CT molecular complexity index is 1750. The van der Waals surface area contributed by atoms with Gasteiger partial charge < -0.3 is 28.9 Å². The Kier molecular flexibility index (Phi) is 9.23. The van der Waals surface area contributed by atoms with Crippen molar-refractivity contribution in [3.63, 3.8) is 0 Å². The van der Waals surface area contributed by atoms with Crippen LogP contribution in [0, 0.1) is 6.92 Å². The maximum Gasteiger partial charge on any atom is 0.410 e. The summed E-state index contributed by atoms with van der Waals surface area (Å²) < 4.78 is 13.3. The summed E-state index contributed by atoms with van der Waals surface area (Å²) >= 11 is 0. The van der Waals surface area contributed by atoms with Gasteiger partial charge in [0.2, 0.25) is 0 Å². The number of hydrogen-bond donors (Lipinski definition) is 1. The van der Waals surface area contributed by atoms with Crippen molar-refractivity contribution >= 4 is 23.7 Å². The smallest absolute Gasteiger partial charge is 0.410 e. The van der Waals surface area contributed by atoms with Crippen molar-refractivity contribution in [3.05, 3.63) is 106 Å². The van der Waals surface area contributed by atoms with E-state index in [-0.39, 0.29) is 18.0 Å². The van der Waals surface area contributed by atoms with Gasteiger partial charge in [-0.2, -0.15) is 0 Å². The summed E-state index contributed by atoms with van der Waals surface area (Å²) in [7, 11) is 1.84. The van der Waals surface area contributed by atoms with Gasteiger partial charge in [-0.1, -0.05) is 30.3 Å². The number of carboxylic acid groups (broad SMARTS) is 1. The number of aromatic nitrogens is 1. The lowest BCUT2D eigenvalue weighted by Crippen LogP contribution is -2.40. The molecule has 0 bridgehead atoms. The Balaban J connectivity index is 1.40. The highest BCUT2D eigenvalue weighted by atomic mass is 16.6. The SMILES string of the molecule is CCN(C(=O)c1cc(-c2cc3c(cc2C(=O)O)CN(C(=O)OC(C)(C)C)CC3)n(C)c1C)c1ccc(OCc2ccccc2)cc1. The Labute approximate surface area is 270 Å². The lowest BCUT2D eigenvalue weighted by atomic mass is 9.92. The average molecular weight is 624 g/mol. The van der Waals surface area contributed by atoms with E-state index < -0.39 is 17.7 Å². The van der Waals surface area contributed by atoms with E-state index in [9.17, 15) is 19.5 Å². The number of carboxylic acids is 1. The molecule has 1 N–H and O–H groups in total. The van der Waals surface area contributed by atoms with Crippen LogP contribution in [0.3, 0.4) is 0 Å². The van der Waals surface area contributed by atoms with E-state index in [4.69, 9.17) is 9.47 Å². The number of rotatable bonds is 8. The first-order valence-electron chi connectivity index (χ1n) is 15.5. The van der Waals surface area contributed by atoms with Crippen molar-refractivity contribution < 1.29 is 29.0 Å². The first kappa shape index (κ1) is 32.3. The highest BCUT2D eigenvalue weighted by Gasteiger charge is 2.29. The largest absolute Gasteiger partial charge is 0.489 e. The first-order chi connectivity index (χ1) is 21.9. The Morgan fingerprint density at radius 2 is 1.63 bits per heavy atom. The second kappa shape index (κ2) is 13.1. The standard InChI is InChI=1S/C37H41N3O6/c1-7-40(28-13-15-29(16-14-28)45-23-25-11-9-8-10-12-25)34(41)30-21-33(38(6)24(30)2)31-19-26-17-18-39(36(44)46-37(3,4)5)22-27(26)20-32(31)35(42)43/h8-16,19-21H,7,17-18,22-23H2,1-6H3,(H,42,43). The van der Waals surface area contributed by atoms with Gasteiger partial charge in [0.25, 0.3) is 5.91 Å². The van der Waals surface area contributed by atoms with E-state index in [1.54, 1.807) is 21.9 Å². The third-order valence-corrected chi connectivity index (χ3v) is 8.23. The second-order valence-corrected chi connectivity index (χ2v) is 12.5. The molecule has 0 radical (unpaired) electrons. The van der Waals surface area contributed by atoms with Crippen LogP contribution in [0.4, 0.5) is 10.5 Å². The van der Waals surface area contributed by atoms with Gasteiger partial charge in [-0.05, 0) is 100 Å². The number of amides is 2. The number of ether oxygens (including phenoxy) is 2. The monoisotopic (exact) mass is 623 g/mol. The van der Waals surface area contributed by atoms with E-state index in [2.05, 4.69) is 0 Å². The van der Waals surface area contributed by atoms with Gasteiger partial charge in [0.15, 0.2) is 0 Å². The van der Waals surface area contributed by atoms with Crippen molar-refractivity contribution in [1.82, 2.24) is 9.47 Å². The summed E-state index contributed by atoms with van der Waals surface area (Å²) in [5, 5.41) is 10.2. The lowest BCUT2D eigenvalue weighted by molar-refractivity contribution is 0.0224. The lowest BCUT2D eigenvalue weighted by Gasteiger charge is -2.31. The quantitative estimate of drug-likeness (QED) is 0.222. The van der Waals surface area contributed by atoms with Gasteiger partial charge in [0.1, 0.15) is 18.0 Å². The van der Waals surface area contributed by atoms with Crippen LogP contribution in [-0.4, -0.2) is 51.2 Å². The van der Waals surface area contributed by atoms with Gasteiger partial charge in [0, 0.05) is 49.3 Å². The molecule has 0 aliphatic carbocycles. The molecule has 4 aromatic rings. The second-order valence-electron chi connectivity index (χ2n) is 12.5. The minimum Gasteiger partial charge on any atom is -0.489 e. The Hall–Kier alpha value is -5.05. The number of fused-ring (bicyclic) bond motifs is 1. The van der Waals surface area contributed by atoms with Crippen molar-refractivity contribution in [1.29, 1.82) is 0 Å². The number of hydrogen-bond acceptors (Lipinski definition) is 5. The van der Waals surface area contributed by atoms with Crippen LogP contribution < -0.4 is 9.64 Å². The molecule has 240 valence electrons. The van der Waals surface area contributed by atoms with Gasteiger partial charge in [-0.15, -0.1) is 0 Å². The summed E-state index contributed by atoms with van der Waals surface area (Å²) in [6.07, 6.45) is 0.140. The Morgan fingerprint density at radius 1 is 0.935 bits per heavy atom. The highest BCUT2D eigenvalue weighted by molar-refractivity contribution is 6.08. The molecule has 0 atom stereocenters. The molecule has 0 spiro atoms. The fraction of sp³-hybridized carbons (Fsp3) is 0.324. The fourth-order valence-corrected chi connectivity index (χ4v) is 5.71. The van der Waals surface area contributed by atoms with Crippen LogP contribution in [0.25, 0.3) is 11.3 Å². The average Bonchev–Trinajstić information content (AvgIpc) is 3.33. The summed E-state index contributed by atoms with van der Waals surface area (Å²) in [5.41, 5.74) is 5.42. The maximum atomic E-state index is 14.0. The molecule has 1 aromatic heterocycles. The van der Waals surface area contributed by atoms with Crippen molar-refractivity contribution in [2.24, 2.45) is 7.05 Å². The maximum absolute atomic E-state index is 14.0. The topological polar surface area (TPSA) is 101 Å². The van der Waals surface area contributed by atoms with Gasteiger partial charge >= 0.3 is 12.1 Å². The minimum atomic E-state index is -1.08. The number of carbonyl (C=O) groups excluding carboxylic acids is 2. The van der Waals surface area contributed by atoms with E-state index in [1.807, 2.05) is 107 Å². The first-order valence-corrected chi connectivity index (χ1v) is 15.5. The fourth-order valence-electron chi connectivity index (χ4n) is 5.71. The molecule has 0 fully saturated rings. The molecular formula is C37H41N3O6. The third kappa shape index (κ3) is 6.93. The summed E-state index contributed by atoms with van der Waals surface area (Å²) in [4.78, 5) is 42.5. The predicted molar refractivity (Wildman–Crippen MR) is 177 cm³/mol. The van der Waals surface area contributed by atoms with E-state index in [1.165, 1.54) is 0 Å². The number of aromatic carboxylic acids is 1. The number of anilines is 1. The van der Waals surface area contributed by atoms with E-state index >= 15 is 0 Å². The van der Waals surface area contributed by atoms with Crippen molar-refractivity contribution in [3.8, 4) is 17.0 Å². The molecule has 9 heteroatoms. The molecule has 2 heterocycles. The van der Waals surface area contributed by atoms with Crippen LogP contribution in [0.2, 0.25) is 0 Å². The zero-order valence-corrected chi connectivity index (χ0v) is 27.3. The molecule has 3 aromatic carbocycles. The number of carbonyl (C=O) groups is 3. The van der Waals surface area contributed by atoms with Crippen molar-refractivity contribution in [2.75, 3.05) is 18.0 Å². The molecular weight excluding hydrogens is 582 g/mol. The predicted octanol–water partition coefficient (Wildman–Crippen LogP) is 7.24. The van der Waals surface area contributed by atoms with E-state index in [0.717, 1.165) is 28.1 Å². The number of nitrogens with zero attached hydrogens (tertiary/aromatic N) is 3. The Morgan fingerprint density at radius 3 is 2.26 bits per heavy atom. The summed E-state index contributed by atoms with van der Waals surface area (Å²) in [6.45, 7) is 10.9. The van der Waals surface area contributed by atoms with Gasteiger partial charge in [-0.25, -0.2) is 9.59 Å². The zero-order chi connectivity index (χ0) is 33.2.